The fourth-order valence-electron chi connectivity index (χ4n) is 1.75. The molecule has 2 N–H and O–H groups in total. The molecule has 1 aromatic carbocycles. The van der Waals surface area contributed by atoms with Gasteiger partial charge < -0.3 is 10.1 Å². The number of carbonyl (C=O) groups is 2. The van der Waals surface area contributed by atoms with Gasteiger partial charge in [0, 0.05) is 25.0 Å². The number of rotatable bonds is 7. The third-order valence-electron chi connectivity index (χ3n) is 2.65. The summed E-state index contributed by atoms with van der Waals surface area (Å²) in [5, 5.41) is 4.56. The van der Waals surface area contributed by atoms with Crippen LogP contribution in [0.25, 0.3) is 0 Å². The summed E-state index contributed by atoms with van der Waals surface area (Å²) in [5.74, 6) is 2.08. The average Bonchev–Trinajstić information content (AvgIpc) is 2.41. The summed E-state index contributed by atoms with van der Waals surface area (Å²) in [6.45, 7) is 4.68. The molecule has 0 heterocycles. The molecule has 0 spiro atoms. The quantitative estimate of drug-likeness (QED) is 0.758. The number of thioether (sulfide) groups is 1. The Morgan fingerprint density at radius 1 is 1.14 bits per heavy atom. The summed E-state index contributed by atoms with van der Waals surface area (Å²) in [6, 6.07) is 5.65. The van der Waals surface area contributed by atoms with Gasteiger partial charge in [0.2, 0.25) is 5.91 Å². The minimum atomic E-state index is -0.469. The van der Waals surface area contributed by atoms with Gasteiger partial charge in [0.15, 0.2) is 0 Å². The first-order valence-electron chi connectivity index (χ1n) is 6.81. The Balaban J connectivity index is 2.12. The van der Waals surface area contributed by atoms with Crippen LogP contribution in [-0.2, 0) is 4.79 Å². The van der Waals surface area contributed by atoms with Gasteiger partial charge in [-0.1, -0.05) is 6.07 Å². The van der Waals surface area contributed by atoms with Crippen LogP contribution in [0.2, 0.25) is 0 Å². The molecule has 0 aliphatic carbocycles. The van der Waals surface area contributed by atoms with Crippen LogP contribution in [-0.4, -0.2) is 37.1 Å². The van der Waals surface area contributed by atoms with Gasteiger partial charge in [-0.15, -0.1) is 0 Å². The highest BCUT2D eigenvalue weighted by Gasteiger charge is 2.05. The van der Waals surface area contributed by atoms with Crippen LogP contribution in [0.1, 0.15) is 17.5 Å². The number of hydrogen-bond donors (Lipinski definition) is 2. The van der Waals surface area contributed by atoms with Crippen LogP contribution in [0, 0.1) is 13.8 Å². The van der Waals surface area contributed by atoms with E-state index >= 15 is 0 Å². The molecule has 0 unspecified atom stereocenters. The number of carbonyl (C=O) groups excluding carboxylic acids is 2. The molecule has 0 saturated carbocycles. The van der Waals surface area contributed by atoms with E-state index in [9.17, 15) is 9.59 Å². The van der Waals surface area contributed by atoms with Crippen LogP contribution >= 0.6 is 11.8 Å². The van der Waals surface area contributed by atoms with Crippen molar-refractivity contribution in [3.63, 3.8) is 0 Å². The smallest absolute Gasteiger partial charge is 0.321 e. The molecule has 0 aliphatic rings. The molecule has 0 aromatic heterocycles. The highest BCUT2D eigenvalue weighted by Crippen LogP contribution is 2.16. The maximum absolute atomic E-state index is 11.3. The van der Waals surface area contributed by atoms with E-state index in [1.807, 2.05) is 26.0 Å². The lowest BCUT2D eigenvalue weighted by atomic mass is 10.1. The van der Waals surface area contributed by atoms with E-state index in [-0.39, 0.29) is 5.91 Å². The van der Waals surface area contributed by atoms with Gasteiger partial charge in [0.05, 0.1) is 6.61 Å². The standard InChI is InChI=1S/C15H22N2O3S/c1-11-8-12(2)10-13(9-11)20-5-7-21-6-4-14(18)17-15(19)16-3/h8-10H,4-7H2,1-3H3,(H2,16,17,18,19). The topological polar surface area (TPSA) is 67.4 Å². The van der Waals surface area contributed by atoms with Crippen molar-refractivity contribution in [2.45, 2.75) is 20.3 Å². The molecule has 6 heteroatoms. The first kappa shape index (κ1) is 17.4. The van der Waals surface area contributed by atoms with E-state index in [2.05, 4.69) is 16.7 Å². The monoisotopic (exact) mass is 310 g/mol. The molecule has 0 bridgehead atoms. The van der Waals surface area contributed by atoms with Crippen molar-refractivity contribution in [2.75, 3.05) is 25.2 Å². The van der Waals surface area contributed by atoms with Crippen molar-refractivity contribution >= 4 is 23.7 Å². The van der Waals surface area contributed by atoms with Gasteiger partial charge in [0.25, 0.3) is 0 Å². The minimum absolute atomic E-state index is 0.267. The Hall–Kier alpha value is -1.69. The first-order valence-corrected chi connectivity index (χ1v) is 7.97. The molecule has 0 saturated heterocycles. The largest absolute Gasteiger partial charge is 0.493 e. The lowest BCUT2D eigenvalue weighted by Gasteiger charge is -2.08. The SMILES string of the molecule is CNC(=O)NC(=O)CCSCCOc1cc(C)cc(C)c1. The molecule has 1 rings (SSSR count). The van der Waals surface area contributed by atoms with Crippen molar-refractivity contribution in [3.8, 4) is 5.75 Å². The fourth-order valence-corrected chi connectivity index (χ4v) is 2.49. The maximum Gasteiger partial charge on any atom is 0.321 e. The van der Waals surface area contributed by atoms with E-state index in [0.717, 1.165) is 11.5 Å². The highest BCUT2D eigenvalue weighted by atomic mass is 32.2. The van der Waals surface area contributed by atoms with Crippen LogP contribution in [0.3, 0.4) is 0 Å². The number of imide groups is 1. The van der Waals surface area contributed by atoms with E-state index < -0.39 is 6.03 Å². The summed E-state index contributed by atoms with van der Waals surface area (Å²) < 4.78 is 5.67. The number of nitrogens with one attached hydrogen (secondary N) is 2. The molecule has 0 fully saturated rings. The molecule has 0 atom stereocenters. The Morgan fingerprint density at radius 3 is 2.43 bits per heavy atom. The minimum Gasteiger partial charge on any atom is -0.493 e. The second-order valence-electron chi connectivity index (χ2n) is 4.66. The van der Waals surface area contributed by atoms with Crippen molar-refractivity contribution < 1.29 is 14.3 Å². The highest BCUT2D eigenvalue weighted by molar-refractivity contribution is 7.99. The normalized spacial score (nSPS) is 10.0. The van der Waals surface area contributed by atoms with Gasteiger partial charge in [-0.05, 0) is 37.1 Å². The molecule has 0 aliphatic heterocycles. The Bertz CT molecular complexity index is 472. The number of ether oxygens (including phenoxy) is 1. The molecule has 1 aromatic rings. The molecule has 0 radical (unpaired) electrons. The second-order valence-corrected chi connectivity index (χ2v) is 5.89. The zero-order chi connectivity index (χ0) is 15.7. The van der Waals surface area contributed by atoms with Crippen LogP contribution in [0.5, 0.6) is 5.75 Å². The molecule has 3 amide bonds. The second kappa shape index (κ2) is 9.28. The van der Waals surface area contributed by atoms with Crippen molar-refractivity contribution in [1.82, 2.24) is 10.6 Å². The average molecular weight is 310 g/mol. The zero-order valence-corrected chi connectivity index (χ0v) is 13.5. The molecule has 5 nitrogen and oxygen atoms in total. The summed E-state index contributed by atoms with van der Waals surface area (Å²) in [5.41, 5.74) is 2.37. The maximum atomic E-state index is 11.3. The summed E-state index contributed by atoms with van der Waals surface area (Å²) in [7, 11) is 1.47. The predicted octanol–water partition coefficient (Wildman–Crippen LogP) is 2.26. The van der Waals surface area contributed by atoms with E-state index in [0.29, 0.717) is 18.8 Å². The van der Waals surface area contributed by atoms with Crippen LogP contribution in [0.4, 0.5) is 4.79 Å². The van der Waals surface area contributed by atoms with Gasteiger partial charge in [-0.2, -0.15) is 11.8 Å². The van der Waals surface area contributed by atoms with E-state index in [1.54, 1.807) is 11.8 Å². The van der Waals surface area contributed by atoms with Crippen LogP contribution < -0.4 is 15.4 Å². The van der Waals surface area contributed by atoms with E-state index in [1.165, 1.54) is 18.2 Å². The lowest BCUT2D eigenvalue weighted by Crippen LogP contribution is -2.37. The van der Waals surface area contributed by atoms with Crippen molar-refractivity contribution in [1.29, 1.82) is 0 Å². The number of hydrogen-bond acceptors (Lipinski definition) is 4. The fraction of sp³-hybridized carbons (Fsp3) is 0.467. The van der Waals surface area contributed by atoms with Crippen LogP contribution in [0.15, 0.2) is 18.2 Å². The summed E-state index contributed by atoms with van der Waals surface area (Å²) >= 11 is 1.63. The molecule has 21 heavy (non-hydrogen) atoms. The van der Waals surface area contributed by atoms with Crippen molar-refractivity contribution in [2.24, 2.45) is 0 Å². The molecular formula is C15H22N2O3S. The number of amides is 3. The number of aryl methyl sites for hydroxylation is 2. The Labute approximate surface area is 129 Å². The van der Waals surface area contributed by atoms with Gasteiger partial charge in [0.1, 0.15) is 5.75 Å². The Kier molecular flexibility index (Phi) is 7.68. The Morgan fingerprint density at radius 2 is 1.81 bits per heavy atom. The third kappa shape index (κ3) is 7.60. The van der Waals surface area contributed by atoms with Gasteiger partial charge in [-0.25, -0.2) is 4.79 Å². The first-order chi connectivity index (χ1) is 10.0. The van der Waals surface area contributed by atoms with E-state index in [4.69, 9.17) is 4.74 Å². The predicted molar refractivity (Wildman–Crippen MR) is 86.0 cm³/mol. The molecular weight excluding hydrogens is 288 g/mol. The van der Waals surface area contributed by atoms with Gasteiger partial charge >= 0.3 is 6.03 Å². The number of urea groups is 1. The molecule has 116 valence electrons. The van der Waals surface area contributed by atoms with Crippen molar-refractivity contribution in [3.05, 3.63) is 29.3 Å². The third-order valence-corrected chi connectivity index (χ3v) is 3.59. The summed E-state index contributed by atoms with van der Waals surface area (Å²) in [6.07, 6.45) is 0.321. The lowest BCUT2D eigenvalue weighted by molar-refractivity contribution is -0.119. The summed E-state index contributed by atoms with van der Waals surface area (Å²) in [4.78, 5) is 22.2. The number of benzene rings is 1. The zero-order valence-electron chi connectivity index (χ0n) is 12.7. The van der Waals surface area contributed by atoms with Gasteiger partial charge in [-0.3, -0.25) is 10.1 Å².